The average Bonchev–Trinajstić information content (AvgIpc) is 2.23. The molecule has 7 nitrogen and oxygen atoms in total. The predicted octanol–water partition coefficient (Wildman–Crippen LogP) is 0.734. The van der Waals surface area contributed by atoms with Crippen molar-refractivity contribution < 1.29 is 14.5 Å². The molecule has 17 heavy (non-hydrogen) atoms. The molecule has 0 amide bonds. The number of carbonyl (C=O) groups excluding carboxylic acids is 1. The number of ether oxygens (including phenoxy) is 1. The van der Waals surface area contributed by atoms with Crippen molar-refractivity contribution in [3.63, 3.8) is 0 Å². The van der Waals surface area contributed by atoms with Crippen LogP contribution >= 0.6 is 15.9 Å². The van der Waals surface area contributed by atoms with Crippen LogP contribution < -0.4 is 5.43 Å². The minimum Gasteiger partial charge on any atom is -0.377 e. The van der Waals surface area contributed by atoms with Crippen LogP contribution in [0.25, 0.3) is 0 Å². The van der Waals surface area contributed by atoms with Crippen molar-refractivity contribution in [2.75, 3.05) is 13.7 Å². The lowest BCUT2D eigenvalue weighted by molar-refractivity contribution is -0.386. The largest absolute Gasteiger partial charge is 0.377 e. The molecule has 0 saturated carbocycles. The van der Waals surface area contributed by atoms with Crippen LogP contribution in [0, 0.1) is 10.1 Å². The molecule has 1 aromatic heterocycles. The number of pyridine rings is 1. The summed E-state index contributed by atoms with van der Waals surface area (Å²) in [7, 11) is 1.38. The lowest BCUT2D eigenvalue weighted by Crippen LogP contribution is -2.18. The highest BCUT2D eigenvalue weighted by Crippen LogP contribution is 2.10. The summed E-state index contributed by atoms with van der Waals surface area (Å²) >= 11 is 2.91. The molecule has 0 aliphatic heterocycles. The monoisotopic (exact) mass is 304 g/mol. The zero-order valence-electron chi connectivity index (χ0n) is 8.88. The zero-order chi connectivity index (χ0) is 13.0. The number of halogens is 1. The molecular weight excluding hydrogens is 296 g/mol. The summed E-state index contributed by atoms with van der Waals surface area (Å²) in [4.78, 5) is 32.5. The Morgan fingerprint density at radius 2 is 2.24 bits per heavy atom. The highest BCUT2D eigenvalue weighted by atomic mass is 79.9. The Bertz CT molecular complexity index is 511. The number of carbonyl (C=O) groups is 1. The lowest BCUT2D eigenvalue weighted by atomic mass is 10.3. The first-order chi connectivity index (χ1) is 7.95. The Hall–Kier alpha value is -1.54. The van der Waals surface area contributed by atoms with Crippen LogP contribution in [-0.2, 0) is 16.1 Å². The summed E-state index contributed by atoms with van der Waals surface area (Å²) < 4.78 is 5.94. The number of ketones is 1. The van der Waals surface area contributed by atoms with E-state index in [1.807, 2.05) is 0 Å². The fourth-order valence-electron chi connectivity index (χ4n) is 1.21. The maximum absolute atomic E-state index is 11.4. The topological polar surface area (TPSA) is 91.4 Å². The van der Waals surface area contributed by atoms with Crippen LogP contribution in [0.4, 0.5) is 5.69 Å². The van der Waals surface area contributed by atoms with Gasteiger partial charge in [-0.1, -0.05) is 0 Å². The molecule has 8 heteroatoms. The number of nitrogens with zero attached hydrogens (tertiary/aromatic N) is 2. The highest BCUT2D eigenvalue weighted by Gasteiger charge is 2.16. The van der Waals surface area contributed by atoms with Crippen molar-refractivity contribution in [3.05, 3.63) is 37.2 Å². The molecule has 0 atom stereocenters. The van der Waals surface area contributed by atoms with E-state index >= 15 is 0 Å². The van der Waals surface area contributed by atoms with Crippen molar-refractivity contribution in [1.29, 1.82) is 0 Å². The van der Waals surface area contributed by atoms with E-state index in [1.54, 1.807) is 0 Å². The third-order valence-corrected chi connectivity index (χ3v) is 2.44. The van der Waals surface area contributed by atoms with Gasteiger partial charge in [0, 0.05) is 13.3 Å². The number of nitro groups is 1. The summed E-state index contributed by atoms with van der Waals surface area (Å²) in [5, 5.41) is 10.6. The summed E-state index contributed by atoms with van der Waals surface area (Å²) in [6.45, 7) is -0.175. The normalized spacial score (nSPS) is 10.2. The maximum Gasteiger partial charge on any atom is 0.333 e. The van der Waals surface area contributed by atoms with Crippen molar-refractivity contribution in [3.8, 4) is 0 Å². The van der Waals surface area contributed by atoms with Crippen LogP contribution in [0.1, 0.15) is 0 Å². The smallest absolute Gasteiger partial charge is 0.333 e. The number of hydrogen-bond donors (Lipinski definition) is 0. The van der Waals surface area contributed by atoms with E-state index in [0.29, 0.717) is 0 Å². The average molecular weight is 305 g/mol. The maximum atomic E-state index is 11.4. The third kappa shape index (κ3) is 3.46. The minimum atomic E-state index is -0.787. The quantitative estimate of drug-likeness (QED) is 0.591. The van der Waals surface area contributed by atoms with E-state index in [1.165, 1.54) is 17.9 Å². The summed E-state index contributed by atoms with van der Waals surface area (Å²) in [6, 6.07) is 0. The molecule has 0 aliphatic carbocycles. The molecule has 0 aromatic carbocycles. The number of hydrogen-bond acceptors (Lipinski definition) is 5. The van der Waals surface area contributed by atoms with Gasteiger partial charge in [0.1, 0.15) is 6.61 Å². The van der Waals surface area contributed by atoms with E-state index < -0.39 is 16.0 Å². The molecule has 0 saturated heterocycles. The molecule has 0 unspecified atom stereocenters. The van der Waals surface area contributed by atoms with Crippen molar-refractivity contribution in [2.45, 2.75) is 6.54 Å². The van der Waals surface area contributed by atoms with Gasteiger partial charge >= 0.3 is 5.69 Å². The van der Waals surface area contributed by atoms with Gasteiger partial charge in [-0.25, -0.2) is 0 Å². The first-order valence-corrected chi connectivity index (χ1v) is 5.29. The summed E-state index contributed by atoms with van der Waals surface area (Å²) in [6.07, 6.45) is 2.35. The number of Topliss-reactive ketones (excluding diaryl/α,β-unsaturated/α-hetero) is 1. The fraction of sp³-hybridized carbons (Fsp3) is 0.333. The van der Waals surface area contributed by atoms with Crippen molar-refractivity contribution in [2.24, 2.45) is 0 Å². The minimum absolute atomic E-state index is 0.0388. The Kier molecular flexibility index (Phi) is 4.53. The Balaban J connectivity index is 3.07. The van der Waals surface area contributed by atoms with Gasteiger partial charge < -0.3 is 9.30 Å². The number of rotatable bonds is 5. The molecule has 0 aliphatic rings. The molecular formula is C9H9BrN2O5. The Labute approximate surface area is 104 Å². The first-order valence-electron chi connectivity index (χ1n) is 4.50. The summed E-state index contributed by atoms with van der Waals surface area (Å²) in [5.41, 5.74) is -1.30. The van der Waals surface area contributed by atoms with Gasteiger partial charge in [-0.3, -0.25) is 19.7 Å². The van der Waals surface area contributed by atoms with Gasteiger partial charge in [0.15, 0.2) is 5.78 Å². The fourth-order valence-corrected chi connectivity index (χ4v) is 1.68. The number of aromatic nitrogens is 1. The Morgan fingerprint density at radius 3 is 2.76 bits per heavy atom. The molecule has 0 fully saturated rings. The third-order valence-electron chi connectivity index (χ3n) is 1.88. The van der Waals surface area contributed by atoms with Gasteiger partial charge in [0.05, 0.1) is 22.1 Å². The van der Waals surface area contributed by atoms with E-state index in [4.69, 9.17) is 0 Å². The van der Waals surface area contributed by atoms with Gasteiger partial charge in [0.25, 0.3) is 5.43 Å². The molecule has 0 radical (unpaired) electrons. The van der Waals surface area contributed by atoms with Crippen molar-refractivity contribution >= 4 is 27.4 Å². The first kappa shape index (κ1) is 13.5. The summed E-state index contributed by atoms with van der Waals surface area (Å²) in [5.74, 6) is -0.252. The van der Waals surface area contributed by atoms with Crippen LogP contribution in [-0.4, -0.2) is 29.0 Å². The highest BCUT2D eigenvalue weighted by molar-refractivity contribution is 9.10. The second kappa shape index (κ2) is 5.69. The second-order valence-electron chi connectivity index (χ2n) is 3.22. The van der Waals surface area contributed by atoms with E-state index in [0.717, 1.165) is 6.20 Å². The van der Waals surface area contributed by atoms with Crippen molar-refractivity contribution in [1.82, 2.24) is 4.57 Å². The molecule has 92 valence electrons. The van der Waals surface area contributed by atoms with Gasteiger partial charge in [-0.2, -0.15) is 0 Å². The standard InChI is InChI=1S/C9H9BrN2O5/c1-17-5-6(13)2-11-3-7(10)9(14)8(4-11)12(15)16/h3-4H,2,5H2,1H3. The van der Waals surface area contributed by atoms with Gasteiger partial charge in [-0.05, 0) is 15.9 Å². The van der Waals surface area contributed by atoms with Crippen LogP contribution in [0.3, 0.4) is 0 Å². The Morgan fingerprint density at radius 1 is 1.59 bits per heavy atom. The zero-order valence-corrected chi connectivity index (χ0v) is 10.5. The molecule has 1 rings (SSSR count). The van der Waals surface area contributed by atoms with E-state index in [2.05, 4.69) is 20.7 Å². The van der Waals surface area contributed by atoms with E-state index in [-0.39, 0.29) is 23.4 Å². The van der Waals surface area contributed by atoms with Gasteiger partial charge in [-0.15, -0.1) is 0 Å². The van der Waals surface area contributed by atoms with E-state index in [9.17, 15) is 19.7 Å². The molecule has 0 spiro atoms. The SMILES string of the molecule is COCC(=O)Cn1cc(Br)c(=O)c([N+](=O)[O-])c1. The van der Waals surface area contributed by atoms with Crippen LogP contribution in [0.15, 0.2) is 21.7 Å². The lowest BCUT2D eigenvalue weighted by Gasteiger charge is -2.05. The number of methoxy groups -OCH3 is 1. The predicted molar refractivity (Wildman–Crippen MR) is 61.9 cm³/mol. The molecule has 1 heterocycles. The van der Waals surface area contributed by atoms with Crippen LogP contribution in [0.2, 0.25) is 0 Å². The molecule has 1 aromatic rings. The van der Waals surface area contributed by atoms with Gasteiger partial charge in [0.2, 0.25) is 0 Å². The molecule has 0 bridgehead atoms. The molecule has 0 N–H and O–H groups in total. The second-order valence-corrected chi connectivity index (χ2v) is 4.08. The van der Waals surface area contributed by atoms with Crippen LogP contribution in [0.5, 0.6) is 0 Å².